The van der Waals surface area contributed by atoms with Crippen molar-refractivity contribution in [3.05, 3.63) is 47.5 Å². The first-order chi connectivity index (χ1) is 8.75. The lowest BCUT2D eigenvalue weighted by molar-refractivity contribution is -0.119. The molecule has 0 spiro atoms. The van der Waals surface area contributed by atoms with E-state index in [4.69, 9.17) is 0 Å². The van der Waals surface area contributed by atoms with Crippen molar-refractivity contribution >= 4 is 5.78 Å². The number of ketones is 1. The Hall–Kier alpha value is -1.37. The molecule has 1 atom stereocenters. The van der Waals surface area contributed by atoms with Crippen LogP contribution in [0.2, 0.25) is 0 Å². The quantitative estimate of drug-likeness (QED) is 0.656. The third-order valence-electron chi connectivity index (χ3n) is 3.72. The second-order valence-corrected chi connectivity index (χ2v) is 5.31. The van der Waals surface area contributed by atoms with Gasteiger partial charge in [0.25, 0.3) is 0 Å². The molecule has 0 amide bonds. The molecular formula is C17H22O. The molecule has 0 N–H and O–H groups in total. The Labute approximate surface area is 110 Å². The Balaban J connectivity index is 2.18. The first kappa shape index (κ1) is 13.1. The van der Waals surface area contributed by atoms with E-state index in [1.54, 1.807) is 0 Å². The van der Waals surface area contributed by atoms with Crippen LogP contribution in [0.3, 0.4) is 0 Å². The van der Waals surface area contributed by atoms with Gasteiger partial charge in [-0.3, -0.25) is 4.79 Å². The molecule has 0 saturated carbocycles. The summed E-state index contributed by atoms with van der Waals surface area (Å²) < 4.78 is 0. The summed E-state index contributed by atoms with van der Waals surface area (Å²) >= 11 is 0. The Morgan fingerprint density at radius 1 is 1.00 bits per heavy atom. The van der Waals surface area contributed by atoms with Gasteiger partial charge in [0, 0.05) is 18.8 Å². The maximum atomic E-state index is 11.7. The maximum Gasteiger partial charge on any atom is 0.132 e. The molecule has 1 nitrogen and oxygen atoms in total. The number of carbonyl (C=O) groups is 1. The van der Waals surface area contributed by atoms with Crippen LogP contribution in [0.25, 0.3) is 0 Å². The monoisotopic (exact) mass is 242 g/mol. The average Bonchev–Trinajstić information content (AvgIpc) is 2.40. The fraction of sp³-hybridized carbons (Fsp3) is 0.471. The van der Waals surface area contributed by atoms with Gasteiger partial charge in [-0.25, -0.2) is 0 Å². The summed E-state index contributed by atoms with van der Waals surface area (Å²) in [7, 11) is 0. The molecule has 1 aliphatic rings. The molecule has 96 valence electrons. The van der Waals surface area contributed by atoms with Crippen LogP contribution in [0.4, 0.5) is 0 Å². The van der Waals surface area contributed by atoms with Gasteiger partial charge in [0.1, 0.15) is 5.78 Å². The van der Waals surface area contributed by atoms with Gasteiger partial charge in [0.2, 0.25) is 0 Å². The lowest BCUT2D eigenvalue weighted by atomic mass is 9.88. The largest absolute Gasteiger partial charge is 0.300 e. The zero-order valence-electron chi connectivity index (χ0n) is 11.2. The third-order valence-corrected chi connectivity index (χ3v) is 3.72. The SMILES string of the molecule is C/C1=C\[C@@H](c2ccccc2)CCC(=O)CCCC1. The first-order valence-corrected chi connectivity index (χ1v) is 6.99. The summed E-state index contributed by atoms with van der Waals surface area (Å²) in [4.78, 5) is 11.7. The molecule has 0 radical (unpaired) electrons. The van der Waals surface area contributed by atoms with Crippen molar-refractivity contribution in [3.63, 3.8) is 0 Å². The van der Waals surface area contributed by atoms with Crippen LogP contribution in [0.1, 0.15) is 56.9 Å². The highest BCUT2D eigenvalue weighted by atomic mass is 16.1. The van der Waals surface area contributed by atoms with Crippen molar-refractivity contribution in [1.82, 2.24) is 0 Å². The van der Waals surface area contributed by atoms with E-state index in [1.807, 2.05) is 6.07 Å². The number of Topliss-reactive ketones (excluding diaryl/α,β-unsaturated/α-hetero) is 1. The average molecular weight is 242 g/mol. The van der Waals surface area contributed by atoms with Gasteiger partial charge in [0.15, 0.2) is 0 Å². The molecule has 0 bridgehead atoms. The van der Waals surface area contributed by atoms with E-state index in [1.165, 1.54) is 11.1 Å². The summed E-state index contributed by atoms with van der Waals surface area (Å²) in [5.41, 5.74) is 2.81. The van der Waals surface area contributed by atoms with E-state index >= 15 is 0 Å². The molecule has 1 heteroatoms. The fourth-order valence-corrected chi connectivity index (χ4v) is 2.64. The summed E-state index contributed by atoms with van der Waals surface area (Å²) in [6.45, 7) is 2.22. The highest BCUT2D eigenvalue weighted by molar-refractivity contribution is 5.78. The van der Waals surface area contributed by atoms with Crippen molar-refractivity contribution in [2.45, 2.75) is 51.4 Å². The lowest BCUT2D eigenvalue weighted by Crippen LogP contribution is -2.05. The van der Waals surface area contributed by atoms with Gasteiger partial charge in [-0.05, 0) is 38.2 Å². The van der Waals surface area contributed by atoms with Crippen LogP contribution in [-0.4, -0.2) is 5.78 Å². The maximum absolute atomic E-state index is 11.7. The molecule has 0 heterocycles. The number of allylic oxidation sites excluding steroid dienone is 2. The summed E-state index contributed by atoms with van der Waals surface area (Å²) in [5, 5.41) is 0. The smallest absolute Gasteiger partial charge is 0.132 e. The number of benzene rings is 1. The summed E-state index contributed by atoms with van der Waals surface area (Å²) in [5.74, 6) is 0.845. The van der Waals surface area contributed by atoms with Crippen LogP contribution in [0, 0.1) is 0 Å². The van der Waals surface area contributed by atoms with Gasteiger partial charge in [-0.15, -0.1) is 0 Å². The van der Waals surface area contributed by atoms with Crippen molar-refractivity contribution in [2.75, 3.05) is 0 Å². The Morgan fingerprint density at radius 2 is 1.72 bits per heavy atom. The zero-order valence-corrected chi connectivity index (χ0v) is 11.2. The Bertz CT molecular complexity index is 416. The van der Waals surface area contributed by atoms with Gasteiger partial charge < -0.3 is 0 Å². The van der Waals surface area contributed by atoms with Crippen molar-refractivity contribution < 1.29 is 4.79 Å². The van der Waals surface area contributed by atoms with Gasteiger partial charge in [-0.1, -0.05) is 42.0 Å². The van der Waals surface area contributed by atoms with Gasteiger partial charge >= 0.3 is 0 Å². The fourth-order valence-electron chi connectivity index (χ4n) is 2.64. The summed E-state index contributed by atoms with van der Waals surface area (Å²) in [6.07, 6.45) is 8.17. The van der Waals surface area contributed by atoms with Crippen LogP contribution < -0.4 is 0 Å². The van der Waals surface area contributed by atoms with Gasteiger partial charge in [-0.2, -0.15) is 0 Å². The minimum absolute atomic E-state index is 0.410. The molecule has 0 aromatic heterocycles. The molecule has 0 aliphatic heterocycles. The topological polar surface area (TPSA) is 17.1 Å². The van der Waals surface area contributed by atoms with Crippen LogP contribution >= 0.6 is 0 Å². The van der Waals surface area contributed by atoms with Crippen LogP contribution in [0.5, 0.6) is 0 Å². The minimum atomic E-state index is 0.410. The normalized spacial score (nSPS) is 25.3. The number of rotatable bonds is 1. The highest BCUT2D eigenvalue weighted by Crippen LogP contribution is 2.27. The minimum Gasteiger partial charge on any atom is -0.300 e. The van der Waals surface area contributed by atoms with E-state index in [0.717, 1.165) is 38.5 Å². The predicted molar refractivity (Wildman–Crippen MR) is 75.6 cm³/mol. The first-order valence-electron chi connectivity index (χ1n) is 6.99. The van der Waals surface area contributed by atoms with E-state index in [9.17, 15) is 4.79 Å². The highest BCUT2D eigenvalue weighted by Gasteiger charge is 2.13. The van der Waals surface area contributed by atoms with E-state index in [0.29, 0.717) is 11.7 Å². The number of hydrogen-bond acceptors (Lipinski definition) is 1. The molecule has 0 unspecified atom stereocenters. The standard InChI is InChI=1S/C17H22O/c1-14-7-5-6-10-17(18)12-11-16(13-14)15-8-3-2-4-9-15/h2-4,8-9,13,16H,5-7,10-12H2,1H3/b14-13+/t16-/m0/s1. The van der Waals surface area contributed by atoms with E-state index < -0.39 is 0 Å². The second-order valence-electron chi connectivity index (χ2n) is 5.31. The molecule has 1 aliphatic carbocycles. The molecule has 18 heavy (non-hydrogen) atoms. The van der Waals surface area contributed by atoms with Crippen molar-refractivity contribution in [2.24, 2.45) is 0 Å². The van der Waals surface area contributed by atoms with Crippen molar-refractivity contribution in [3.8, 4) is 0 Å². The second kappa shape index (κ2) is 6.53. The summed E-state index contributed by atoms with van der Waals surface area (Å²) in [6, 6.07) is 10.6. The van der Waals surface area contributed by atoms with Gasteiger partial charge in [0.05, 0.1) is 0 Å². The van der Waals surface area contributed by atoms with Crippen molar-refractivity contribution in [1.29, 1.82) is 0 Å². The van der Waals surface area contributed by atoms with Crippen LogP contribution in [-0.2, 0) is 4.79 Å². The molecule has 1 aromatic carbocycles. The number of carbonyl (C=O) groups excluding carboxylic acids is 1. The Morgan fingerprint density at radius 3 is 2.50 bits per heavy atom. The van der Waals surface area contributed by atoms with E-state index in [-0.39, 0.29) is 0 Å². The predicted octanol–water partition coefficient (Wildman–Crippen LogP) is 4.64. The Kier molecular flexibility index (Phi) is 4.74. The molecule has 2 rings (SSSR count). The third kappa shape index (κ3) is 3.83. The molecular weight excluding hydrogens is 220 g/mol. The number of hydrogen-bond donors (Lipinski definition) is 0. The lowest BCUT2D eigenvalue weighted by Gasteiger charge is -2.16. The zero-order chi connectivity index (χ0) is 12.8. The molecule has 0 saturated heterocycles. The van der Waals surface area contributed by atoms with E-state index in [2.05, 4.69) is 37.3 Å². The molecule has 0 fully saturated rings. The van der Waals surface area contributed by atoms with Crippen LogP contribution in [0.15, 0.2) is 42.0 Å². The molecule has 1 aromatic rings.